The zero-order valence-electron chi connectivity index (χ0n) is 17.9. The molecule has 0 N–H and O–H groups in total. The van der Waals surface area contributed by atoms with E-state index in [4.69, 9.17) is 0 Å². The first-order valence-electron chi connectivity index (χ1n) is 10.3. The second-order valence-corrected chi connectivity index (χ2v) is 7.91. The summed E-state index contributed by atoms with van der Waals surface area (Å²) >= 11 is 0. The van der Waals surface area contributed by atoms with E-state index in [0.717, 1.165) is 36.4 Å². The predicted octanol–water partition coefficient (Wildman–Crippen LogP) is 2.86. The third-order valence-electron chi connectivity index (χ3n) is 6.05. The van der Waals surface area contributed by atoms with E-state index in [-0.39, 0.29) is 11.5 Å². The smallest absolute Gasteiger partial charge is 0.356 e. The minimum absolute atomic E-state index is 0.0386. The summed E-state index contributed by atoms with van der Waals surface area (Å²) in [4.78, 5) is 36.0. The number of esters is 1. The van der Waals surface area contributed by atoms with E-state index < -0.39 is 11.9 Å². The second kappa shape index (κ2) is 8.55. The number of hydrogen-bond acceptors (Lipinski definition) is 7. The molecule has 0 amide bonds. The summed E-state index contributed by atoms with van der Waals surface area (Å²) in [5, 5.41) is 0. The fourth-order valence-electron chi connectivity index (χ4n) is 4.09. The fraction of sp³-hybridized carbons (Fsp3) is 0.391. The molecule has 4 rings (SSSR count). The van der Waals surface area contributed by atoms with E-state index in [1.165, 1.54) is 18.7 Å². The highest BCUT2D eigenvalue weighted by molar-refractivity contribution is 6.40. The lowest BCUT2D eigenvalue weighted by Gasteiger charge is -2.36. The summed E-state index contributed by atoms with van der Waals surface area (Å²) in [7, 11) is 1.24. The van der Waals surface area contributed by atoms with Gasteiger partial charge in [-0.05, 0) is 48.7 Å². The lowest BCUT2D eigenvalue weighted by molar-refractivity contribution is -0.112. The average molecular weight is 424 g/mol. The number of carbonyl (C=O) groups excluding carboxylic acids is 2. The quantitative estimate of drug-likeness (QED) is 0.555. The fourth-order valence-corrected chi connectivity index (χ4v) is 4.09. The topological polar surface area (TPSA) is 75.1 Å². The van der Waals surface area contributed by atoms with Gasteiger partial charge < -0.3 is 9.64 Å². The number of hydrogen-bond donors (Lipinski definition) is 0. The van der Waals surface area contributed by atoms with Gasteiger partial charge in [-0.2, -0.15) is 4.39 Å². The number of nitrogens with zero attached hydrogens (tertiary/aromatic N) is 4. The van der Waals surface area contributed by atoms with Gasteiger partial charge in [0.05, 0.1) is 24.2 Å². The van der Waals surface area contributed by atoms with Crippen LogP contribution in [-0.4, -0.2) is 60.6 Å². The van der Waals surface area contributed by atoms with Crippen molar-refractivity contribution in [1.82, 2.24) is 9.88 Å². The Morgan fingerprint density at radius 2 is 1.87 bits per heavy atom. The molecule has 31 heavy (non-hydrogen) atoms. The number of aliphatic imine (C=N–C) groups is 1. The maximum absolute atomic E-state index is 14.4. The van der Waals surface area contributed by atoms with Gasteiger partial charge in [-0.25, -0.2) is 14.8 Å². The van der Waals surface area contributed by atoms with Crippen LogP contribution in [0.5, 0.6) is 0 Å². The zero-order chi connectivity index (χ0) is 22.1. The number of methoxy groups -OCH3 is 1. The van der Waals surface area contributed by atoms with Crippen molar-refractivity contribution < 1.29 is 18.7 Å². The van der Waals surface area contributed by atoms with E-state index in [1.54, 1.807) is 13.0 Å². The molecule has 1 saturated heterocycles. The molecular formula is C23H25FN4O3. The molecule has 7 nitrogen and oxygen atoms in total. The van der Waals surface area contributed by atoms with Crippen LogP contribution < -0.4 is 4.90 Å². The first-order valence-corrected chi connectivity index (χ1v) is 10.3. The SMILES string of the molecule is COC(=O)c1ccc(N2CCN(Cc3ccc4c(c3C)CC(=O)C(C)=N4)CC2)c(F)n1. The second-order valence-electron chi connectivity index (χ2n) is 7.91. The van der Waals surface area contributed by atoms with Crippen LogP contribution in [0.25, 0.3) is 0 Å². The summed E-state index contributed by atoms with van der Waals surface area (Å²) in [6.07, 6.45) is 0.409. The molecule has 8 heteroatoms. The molecule has 2 aromatic rings. The third-order valence-corrected chi connectivity index (χ3v) is 6.05. The number of rotatable bonds is 4. The molecule has 0 radical (unpaired) electrons. The van der Waals surface area contributed by atoms with Crippen LogP contribution in [0.15, 0.2) is 29.3 Å². The van der Waals surface area contributed by atoms with Gasteiger partial charge in [0.2, 0.25) is 5.95 Å². The van der Waals surface area contributed by atoms with Crippen LogP contribution in [0.2, 0.25) is 0 Å². The maximum atomic E-state index is 14.4. The largest absolute Gasteiger partial charge is 0.464 e. The van der Waals surface area contributed by atoms with Crippen molar-refractivity contribution in [3.63, 3.8) is 0 Å². The van der Waals surface area contributed by atoms with Gasteiger partial charge in [0.25, 0.3) is 0 Å². The molecule has 0 saturated carbocycles. The summed E-state index contributed by atoms with van der Waals surface area (Å²) in [5.41, 5.74) is 5.14. The Balaban J connectivity index is 1.42. The number of piperazine rings is 1. The normalized spacial score (nSPS) is 16.7. The number of aromatic nitrogens is 1. The molecule has 2 aliphatic rings. The van der Waals surface area contributed by atoms with Gasteiger partial charge in [-0.3, -0.25) is 9.69 Å². The Labute approximate surface area is 180 Å². The molecule has 2 aliphatic heterocycles. The van der Waals surface area contributed by atoms with Crippen LogP contribution in [0.4, 0.5) is 15.8 Å². The zero-order valence-corrected chi connectivity index (χ0v) is 17.9. The van der Waals surface area contributed by atoms with Crippen LogP contribution >= 0.6 is 0 Å². The lowest BCUT2D eigenvalue weighted by atomic mass is 9.93. The molecule has 3 heterocycles. The number of ketones is 1. The monoisotopic (exact) mass is 424 g/mol. The van der Waals surface area contributed by atoms with E-state index >= 15 is 0 Å². The molecule has 1 aromatic heterocycles. The number of carbonyl (C=O) groups is 2. The van der Waals surface area contributed by atoms with E-state index in [0.29, 0.717) is 30.9 Å². The van der Waals surface area contributed by atoms with Crippen molar-refractivity contribution in [2.75, 3.05) is 38.2 Å². The van der Waals surface area contributed by atoms with E-state index in [9.17, 15) is 14.0 Å². The number of Topliss-reactive ketones (excluding diaryl/α,β-unsaturated/α-hetero) is 1. The lowest BCUT2D eigenvalue weighted by Crippen LogP contribution is -2.46. The first kappa shape index (κ1) is 21.1. The molecule has 0 spiro atoms. The summed E-state index contributed by atoms with van der Waals surface area (Å²) in [6, 6.07) is 7.14. The van der Waals surface area contributed by atoms with Crippen LogP contribution in [-0.2, 0) is 22.5 Å². The van der Waals surface area contributed by atoms with Gasteiger partial charge in [0.1, 0.15) is 0 Å². The predicted molar refractivity (Wildman–Crippen MR) is 116 cm³/mol. The Kier molecular flexibility index (Phi) is 5.82. The van der Waals surface area contributed by atoms with Crippen molar-refractivity contribution >= 4 is 28.8 Å². The molecule has 1 aromatic carbocycles. The molecule has 162 valence electrons. The number of benzene rings is 1. The average Bonchev–Trinajstić information content (AvgIpc) is 2.77. The van der Waals surface area contributed by atoms with Gasteiger partial charge in [-0.1, -0.05) is 6.07 Å². The standard InChI is InChI=1S/C23H25FN4O3/c1-14-16(4-5-18-17(14)12-21(29)15(2)25-18)13-27-8-10-28(11-9-27)20-7-6-19(23(30)31-3)26-22(20)24/h4-7H,8-13H2,1-3H3. The maximum Gasteiger partial charge on any atom is 0.356 e. The van der Waals surface area contributed by atoms with Gasteiger partial charge >= 0.3 is 5.97 Å². The third kappa shape index (κ3) is 4.20. The van der Waals surface area contributed by atoms with Crippen LogP contribution in [0, 0.1) is 12.9 Å². The molecule has 0 atom stereocenters. The van der Waals surface area contributed by atoms with Crippen molar-refractivity contribution in [3.8, 4) is 0 Å². The van der Waals surface area contributed by atoms with Gasteiger partial charge in [-0.15, -0.1) is 0 Å². The van der Waals surface area contributed by atoms with Gasteiger partial charge in [0.15, 0.2) is 11.5 Å². The Morgan fingerprint density at radius 3 is 2.55 bits per heavy atom. The number of halogens is 1. The Hall–Kier alpha value is -3.13. The minimum atomic E-state index is -0.664. The van der Waals surface area contributed by atoms with E-state index in [1.807, 2.05) is 11.0 Å². The Morgan fingerprint density at radius 1 is 1.13 bits per heavy atom. The highest BCUT2D eigenvalue weighted by Crippen LogP contribution is 2.30. The van der Waals surface area contributed by atoms with Gasteiger partial charge in [0, 0.05) is 39.1 Å². The highest BCUT2D eigenvalue weighted by atomic mass is 19.1. The van der Waals surface area contributed by atoms with Crippen LogP contribution in [0.1, 0.15) is 34.1 Å². The minimum Gasteiger partial charge on any atom is -0.464 e. The number of fused-ring (bicyclic) bond motifs is 1. The molecular weight excluding hydrogens is 399 g/mol. The van der Waals surface area contributed by atoms with E-state index in [2.05, 4.69) is 32.6 Å². The van der Waals surface area contributed by atoms with Crippen molar-refractivity contribution in [1.29, 1.82) is 0 Å². The van der Waals surface area contributed by atoms with Crippen LogP contribution in [0.3, 0.4) is 0 Å². The molecule has 0 bridgehead atoms. The molecule has 1 fully saturated rings. The number of anilines is 1. The number of ether oxygens (including phenoxy) is 1. The number of pyridine rings is 1. The summed E-state index contributed by atoms with van der Waals surface area (Å²) < 4.78 is 19.0. The highest BCUT2D eigenvalue weighted by Gasteiger charge is 2.24. The molecule has 0 unspecified atom stereocenters. The Bertz CT molecular complexity index is 1070. The van der Waals surface area contributed by atoms with Crippen molar-refractivity contribution in [2.24, 2.45) is 4.99 Å². The first-order chi connectivity index (χ1) is 14.9. The summed E-state index contributed by atoms with van der Waals surface area (Å²) in [5.74, 6) is -1.24. The van der Waals surface area contributed by atoms with Crippen molar-refractivity contribution in [3.05, 3.63) is 52.6 Å². The van der Waals surface area contributed by atoms with Crippen molar-refractivity contribution in [2.45, 2.75) is 26.8 Å². The summed E-state index contributed by atoms with van der Waals surface area (Å²) in [6.45, 7) is 7.43. The molecule has 0 aliphatic carbocycles.